The highest BCUT2D eigenvalue weighted by Crippen LogP contribution is 2.71. The largest absolute Gasteiger partial charge is 0.508 e. The Hall–Kier alpha value is -1.83. The minimum Gasteiger partial charge on any atom is -0.508 e. The molecule has 1 spiro atoms. The van der Waals surface area contributed by atoms with Crippen LogP contribution in [0.4, 0.5) is 4.79 Å². The molecule has 7 fully saturated rings. The lowest BCUT2D eigenvalue weighted by Gasteiger charge is -2.61. The van der Waals surface area contributed by atoms with Gasteiger partial charge in [0.25, 0.3) is 0 Å². The summed E-state index contributed by atoms with van der Waals surface area (Å²) in [5, 5.41) is 10.2. The monoisotopic (exact) mass is 634 g/mol. The van der Waals surface area contributed by atoms with E-state index >= 15 is 0 Å². The molecule has 7 heteroatoms. The normalized spacial score (nSPS) is 47.1. The van der Waals surface area contributed by atoms with E-state index in [1.165, 1.54) is 44.9 Å². The van der Waals surface area contributed by atoms with Crippen LogP contribution in [0.5, 0.6) is 5.75 Å². The number of fused-ring (bicyclic) bond motifs is 7. The molecule has 3 heterocycles. The number of benzene rings is 1. The summed E-state index contributed by atoms with van der Waals surface area (Å²) in [4.78, 5) is 17.5. The number of ether oxygens (including phenoxy) is 3. The van der Waals surface area contributed by atoms with Crippen molar-refractivity contribution in [1.29, 1.82) is 0 Å². The molecule has 6 unspecified atom stereocenters. The molecule has 1 aromatic carbocycles. The van der Waals surface area contributed by atoms with E-state index < -0.39 is 0 Å². The molecule has 3 aliphatic heterocycles. The van der Waals surface area contributed by atoms with Crippen molar-refractivity contribution in [3.63, 3.8) is 0 Å². The van der Waals surface area contributed by atoms with Gasteiger partial charge in [0.05, 0.1) is 12.7 Å². The van der Waals surface area contributed by atoms with Crippen LogP contribution in [0.1, 0.15) is 97.5 Å². The van der Waals surface area contributed by atoms with Crippen molar-refractivity contribution in [2.75, 3.05) is 32.8 Å². The van der Waals surface area contributed by atoms with Crippen molar-refractivity contribution in [1.82, 2.24) is 9.80 Å². The summed E-state index contributed by atoms with van der Waals surface area (Å²) in [6.07, 6.45) is 12.3. The number of hydrogen-bond donors (Lipinski definition) is 1. The molecule has 7 aliphatic rings. The van der Waals surface area contributed by atoms with E-state index in [9.17, 15) is 9.90 Å². The molecule has 1 aromatic rings. The first kappa shape index (κ1) is 31.4. The van der Waals surface area contributed by atoms with Crippen LogP contribution in [-0.4, -0.2) is 71.8 Å². The lowest BCUT2D eigenvalue weighted by atomic mass is 9.44. The number of hydrogen-bond acceptors (Lipinski definition) is 6. The second-order valence-electron chi connectivity index (χ2n) is 17.3. The fourth-order valence-electron chi connectivity index (χ4n) is 12.5. The number of phenols is 1. The SMILES string of the molecule is C[C@H]1CC[C@@]2(OC1)OC1CC3C4CCC5C[C@@H](OC(=O)N6CCN(Cc7ccccc7O)CC6)CC[C@]5(C)C4CC[C@]3(C)C1[C@@H]2C. The first-order chi connectivity index (χ1) is 22.1. The number of carbonyl (C=O) groups is 1. The highest BCUT2D eigenvalue weighted by Gasteiger charge is 2.69. The zero-order chi connectivity index (χ0) is 31.8. The lowest BCUT2D eigenvalue weighted by molar-refractivity contribution is -0.273. The van der Waals surface area contributed by atoms with Crippen molar-refractivity contribution in [3.8, 4) is 5.75 Å². The zero-order valence-corrected chi connectivity index (χ0v) is 28.8. The number of carbonyl (C=O) groups excluding carboxylic acids is 1. The zero-order valence-electron chi connectivity index (χ0n) is 28.8. The van der Waals surface area contributed by atoms with Crippen LogP contribution >= 0.6 is 0 Å². The van der Waals surface area contributed by atoms with Crippen LogP contribution in [0.25, 0.3) is 0 Å². The number of rotatable bonds is 3. The van der Waals surface area contributed by atoms with E-state index in [-0.39, 0.29) is 18.0 Å². The van der Waals surface area contributed by atoms with E-state index in [0.717, 1.165) is 62.3 Å². The first-order valence-electron chi connectivity index (χ1n) is 18.9. The molecule has 4 aliphatic carbocycles. The Balaban J connectivity index is 0.864. The lowest BCUT2D eigenvalue weighted by Crippen LogP contribution is -2.55. The summed E-state index contributed by atoms with van der Waals surface area (Å²) >= 11 is 0. The molecule has 7 nitrogen and oxygen atoms in total. The van der Waals surface area contributed by atoms with Crippen molar-refractivity contribution in [2.45, 2.75) is 116 Å². The van der Waals surface area contributed by atoms with Gasteiger partial charge in [-0.15, -0.1) is 0 Å². The molecule has 1 amide bonds. The van der Waals surface area contributed by atoms with Gasteiger partial charge in [-0.25, -0.2) is 4.79 Å². The van der Waals surface area contributed by atoms with Gasteiger partial charge in [0.15, 0.2) is 5.79 Å². The molecule has 46 heavy (non-hydrogen) atoms. The highest BCUT2D eigenvalue weighted by atomic mass is 16.7. The van der Waals surface area contributed by atoms with Gasteiger partial charge in [-0.05, 0) is 110 Å². The van der Waals surface area contributed by atoms with Crippen LogP contribution < -0.4 is 0 Å². The summed E-state index contributed by atoms with van der Waals surface area (Å²) in [5.41, 5.74) is 1.66. The molecule has 0 bridgehead atoms. The Kier molecular flexibility index (Phi) is 7.96. The van der Waals surface area contributed by atoms with Crippen LogP contribution in [0.3, 0.4) is 0 Å². The maximum atomic E-state index is 13.3. The number of amides is 1. The van der Waals surface area contributed by atoms with Gasteiger partial charge >= 0.3 is 6.09 Å². The molecule has 3 saturated heterocycles. The van der Waals surface area contributed by atoms with E-state index in [4.69, 9.17) is 14.2 Å². The first-order valence-corrected chi connectivity index (χ1v) is 18.9. The van der Waals surface area contributed by atoms with Gasteiger partial charge in [0, 0.05) is 50.6 Å². The van der Waals surface area contributed by atoms with Crippen molar-refractivity contribution in [3.05, 3.63) is 29.8 Å². The average molecular weight is 635 g/mol. The Morgan fingerprint density at radius 1 is 0.935 bits per heavy atom. The Labute approximate surface area is 276 Å². The van der Waals surface area contributed by atoms with E-state index in [2.05, 4.69) is 32.6 Å². The number of piperazine rings is 1. The summed E-state index contributed by atoms with van der Waals surface area (Å²) in [5.74, 6) is 4.77. The molecule has 254 valence electrons. The predicted molar refractivity (Wildman–Crippen MR) is 177 cm³/mol. The second kappa shape index (κ2) is 11.7. The Bertz CT molecular complexity index is 1290. The van der Waals surface area contributed by atoms with Crippen molar-refractivity contribution >= 4 is 6.09 Å². The van der Waals surface area contributed by atoms with Gasteiger partial charge in [-0.1, -0.05) is 45.9 Å². The van der Waals surface area contributed by atoms with Gasteiger partial charge in [-0.3, -0.25) is 4.90 Å². The predicted octanol–water partition coefficient (Wildman–Crippen LogP) is 7.46. The summed E-state index contributed by atoms with van der Waals surface area (Å²) in [7, 11) is 0. The minimum atomic E-state index is -0.328. The second-order valence-corrected chi connectivity index (χ2v) is 17.3. The number of para-hydroxylation sites is 1. The maximum absolute atomic E-state index is 13.3. The molecule has 4 saturated carbocycles. The van der Waals surface area contributed by atoms with Gasteiger partial charge in [0.1, 0.15) is 11.9 Å². The standard InChI is InChI=1S/C39H58N2O5/c1-25-11-16-39(44-24-25)26(2)35-34(46-39)22-32-30-10-9-28-21-29(12-14-37(28,3)31(30)13-15-38(32,35)4)45-36(43)41-19-17-40(18-20-41)23-27-7-5-6-8-33(27)42/h5-8,25-26,28-32,34-35,42H,9-24H2,1-4H3/t25-,26-,28?,29-,30?,31?,32?,34?,35?,37-,38-,39+/m0/s1. The van der Waals surface area contributed by atoms with Gasteiger partial charge < -0.3 is 24.2 Å². The fraction of sp³-hybridized carbons (Fsp3) is 0.821. The summed E-state index contributed by atoms with van der Waals surface area (Å²) in [6, 6.07) is 7.54. The third kappa shape index (κ3) is 5.03. The number of nitrogens with zero attached hydrogens (tertiary/aromatic N) is 2. The van der Waals surface area contributed by atoms with Crippen LogP contribution in [0.15, 0.2) is 24.3 Å². The van der Waals surface area contributed by atoms with E-state index in [0.29, 0.717) is 66.0 Å². The summed E-state index contributed by atoms with van der Waals surface area (Å²) in [6.45, 7) is 14.5. The molecular weight excluding hydrogens is 576 g/mol. The molecular formula is C39H58N2O5. The molecule has 0 radical (unpaired) electrons. The third-order valence-electron chi connectivity index (χ3n) is 15.2. The topological polar surface area (TPSA) is 71.5 Å². The molecule has 12 atom stereocenters. The number of aromatic hydroxyl groups is 1. The van der Waals surface area contributed by atoms with E-state index in [1.54, 1.807) is 6.07 Å². The van der Waals surface area contributed by atoms with Crippen molar-refractivity contribution < 1.29 is 24.1 Å². The third-order valence-corrected chi connectivity index (χ3v) is 15.2. The smallest absolute Gasteiger partial charge is 0.410 e. The number of phenolic OH excluding ortho intramolecular Hbond substituents is 1. The quantitative estimate of drug-likeness (QED) is 0.372. The van der Waals surface area contributed by atoms with Crippen molar-refractivity contribution in [2.24, 2.45) is 52.3 Å². The van der Waals surface area contributed by atoms with Crippen LogP contribution in [0, 0.1) is 52.3 Å². The van der Waals surface area contributed by atoms with Crippen LogP contribution in [0.2, 0.25) is 0 Å². The fourth-order valence-corrected chi connectivity index (χ4v) is 12.5. The van der Waals surface area contributed by atoms with Gasteiger partial charge in [-0.2, -0.15) is 0 Å². The molecule has 8 rings (SSSR count). The Morgan fingerprint density at radius 2 is 1.72 bits per heavy atom. The van der Waals surface area contributed by atoms with Gasteiger partial charge in [0.2, 0.25) is 0 Å². The highest BCUT2D eigenvalue weighted by molar-refractivity contribution is 5.68. The van der Waals surface area contributed by atoms with E-state index in [1.807, 2.05) is 23.1 Å². The molecule has 1 N–H and O–H groups in total. The maximum Gasteiger partial charge on any atom is 0.410 e. The summed E-state index contributed by atoms with van der Waals surface area (Å²) < 4.78 is 19.8. The average Bonchev–Trinajstić information content (AvgIpc) is 3.49. The Morgan fingerprint density at radius 3 is 2.48 bits per heavy atom. The minimum absolute atomic E-state index is 0.0461. The van der Waals surface area contributed by atoms with Crippen LogP contribution in [-0.2, 0) is 20.8 Å². The molecule has 0 aromatic heterocycles.